The second kappa shape index (κ2) is 6.79. The molecule has 1 aliphatic rings. The fourth-order valence-electron chi connectivity index (χ4n) is 2.08. The number of furan rings is 1. The summed E-state index contributed by atoms with van der Waals surface area (Å²) in [6.07, 6.45) is 1.54. The van der Waals surface area contributed by atoms with Gasteiger partial charge in [0.1, 0.15) is 5.70 Å². The summed E-state index contributed by atoms with van der Waals surface area (Å²) in [5.74, 6) is 0.338. The molecule has 0 saturated carbocycles. The Balaban J connectivity index is 1.86. The summed E-state index contributed by atoms with van der Waals surface area (Å²) in [6, 6.07) is 8.31. The van der Waals surface area contributed by atoms with Gasteiger partial charge in [-0.25, -0.2) is 0 Å². The molecule has 1 aromatic carbocycles. The third-order valence-electron chi connectivity index (χ3n) is 3.22. The van der Waals surface area contributed by atoms with E-state index in [1.165, 1.54) is 19.2 Å². The SMILES string of the molecule is CNC(=O)C(=Cc1ccc2c(c1)OCO2)NC(=O)c1ccc(Br)o1. The molecule has 8 heteroatoms. The van der Waals surface area contributed by atoms with Crippen molar-refractivity contribution in [2.24, 2.45) is 0 Å². The monoisotopic (exact) mass is 392 g/mol. The Morgan fingerprint density at radius 2 is 1.96 bits per heavy atom. The van der Waals surface area contributed by atoms with Crippen LogP contribution in [0.2, 0.25) is 0 Å². The van der Waals surface area contributed by atoms with Gasteiger partial charge in [-0.3, -0.25) is 9.59 Å². The topological polar surface area (TPSA) is 89.8 Å². The van der Waals surface area contributed by atoms with Gasteiger partial charge in [0.25, 0.3) is 11.8 Å². The summed E-state index contributed by atoms with van der Waals surface area (Å²) in [5.41, 5.74) is 0.757. The molecule has 0 spiro atoms. The molecule has 0 bridgehead atoms. The maximum absolute atomic E-state index is 12.2. The normalized spacial score (nSPS) is 12.8. The third-order valence-corrected chi connectivity index (χ3v) is 3.65. The molecule has 1 aliphatic heterocycles. The lowest BCUT2D eigenvalue weighted by atomic mass is 10.1. The van der Waals surface area contributed by atoms with Crippen LogP contribution in [-0.4, -0.2) is 25.7 Å². The first-order chi connectivity index (χ1) is 11.6. The van der Waals surface area contributed by atoms with Crippen LogP contribution in [-0.2, 0) is 4.79 Å². The molecular formula is C16H13BrN2O5. The fourth-order valence-corrected chi connectivity index (χ4v) is 2.39. The van der Waals surface area contributed by atoms with Crippen molar-refractivity contribution in [2.45, 2.75) is 0 Å². The van der Waals surface area contributed by atoms with Crippen LogP contribution in [0.25, 0.3) is 6.08 Å². The Labute approximate surface area is 145 Å². The Morgan fingerprint density at radius 1 is 1.17 bits per heavy atom. The molecule has 124 valence electrons. The maximum atomic E-state index is 12.2. The first kappa shape index (κ1) is 16.1. The van der Waals surface area contributed by atoms with Crippen LogP contribution in [0.15, 0.2) is 45.1 Å². The molecule has 2 aromatic rings. The number of amides is 2. The zero-order valence-electron chi connectivity index (χ0n) is 12.6. The van der Waals surface area contributed by atoms with Gasteiger partial charge < -0.3 is 24.5 Å². The largest absolute Gasteiger partial charge is 0.454 e. The molecule has 3 rings (SSSR count). The number of likely N-dealkylation sites (N-methyl/N-ethyl adjacent to an activating group) is 1. The number of hydrogen-bond donors (Lipinski definition) is 2. The van der Waals surface area contributed by atoms with Gasteiger partial charge in [0.15, 0.2) is 21.9 Å². The van der Waals surface area contributed by atoms with E-state index >= 15 is 0 Å². The van der Waals surface area contributed by atoms with Crippen molar-refractivity contribution in [2.75, 3.05) is 13.8 Å². The highest BCUT2D eigenvalue weighted by Crippen LogP contribution is 2.33. The Morgan fingerprint density at radius 3 is 2.67 bits per heavy atom. The molecule has 2 heterocycles. The molecule has 1 aromatic heterocycles. The summed E-state index contributed by atoms with van der Waals surface area (Å²) in [5, 5.41) is 5.02. The fraction of sp³-hybridized carbons (Fsp3) is 0.125. The average Bonchev–Trinajstić information content (AvgIpc) is 3.21. The quantitative estimate of drug-likeness (QED) is 0.779. The molecule has 24 heavy (non-hydrogen) atoms. The minimum Gasteiger partial charge on any atom is -0.454 e. The predicted octanol–water partition coefficient (Wildman–Crippen LogP) is 2.29. The molecule has 0 atom stereocenters. The zero-order chi connectivity index (χ0) is 17.1. The van der Waals surface area contributed by atoms with Gasteiger partial charge in [-0.1, -0.05) is 6.07 Å². The van der Waals surface area contributed by atoms with Crippen molar-refractivity contribution >= 4 is 33.8 Å². The van der Waals surface area contributed by atoms with Crippen LogP contribution in [0.5, 0.6) is 11.5 Å². The van der Waals surface area contributed by atoms with E-state index in [0.29, 0.717) is 21.7 Å². The van der Waals surface area contributed by atoms with Crippen molar-refractivity contribution < 1.29 is 23.5 Å². The molecular weight excluding hydrogens is 380 g/mol. The second-order valence-corrected chi connectivity index (χ2v) is 5.59. The van der Waals surface area contributed by atoms with Gasteiger partial charge in [0, 0.05) is 7.05 Å². The van der Waals surface area contributed by atoms with Gasteiger partial charge in [-0.05, 0) is 51.8 Å². The van der Waals surface area contributed by atoms with Crippen molar-refractivity contribution in [1.29, 1.82) is 0 Å². The highest BCUT2D eigenvalue weighted by Gasteiger charge is 2.17. The first-order valence-corrected chi connectivity index (χ1v) is 7.76. The highest BCUT2D eigenvalue weighted by atomic mass is 79.9. The standard InChI is InChI=1S/C16H13BrN2O5/c1-18-15(20)10(19-16(21)12-4-5-14(17)24-12)6-9-2-3-11-13(7-9)23-8-22-11/h2-7H,8H2,1H3,(H,18,20)(H,19,21). The molecule has 0 fully saturated rings. The van der Waals surface area contributed by atoms with Crippen LogP contribution >= 0.6 is 15.9 Å². The van der Waals surface area contributed by atoms with Crippen LogP contribution in [0, 0.1) is 0 Å². The number of benzene rings is 1. The van der Waals surface area contributed by atoms with E-state index in [0.717, 1.165) is 0 Å². The zero-order valence-corrected chi connectivity index (χ0v) is 14.2. The Bertz CT molecular complexity index is 828. The number of halogens is 1. The van der Waals surface area contributed by atoms with Crippen molar-refractivity contribution in [3.63, 3.8) is 0 Å². The van der Waals surface area contributed by atoms with E-state index in [9.17, 15) is 9.59 Å². The number of ether oxygens (including phenoxy) is 2. The predicted molar refractivity (Wildman–Crippen MR) is 88.5 cm³/mol. The number of carbonyl (C=O) groups is 2. The first-order valence-electron chi connectivity index (χ1n) is 6.97. The summed E-state index contributed by atoms with van der Waals surface area (Å²) in [7, 11) is 1.48. The average molecular weight is 393 g/mol. The second-order valence-electron chi connectivity index (χ2n) is 4.81. The summed E-state index contributed by atoms with van der Waals surface area (Å²) < 4.78 is 16.1. The number of rotatable bonds is 4. The summed E-state index contributed by atoms with van der Waals surface area (Å²) in [4.78, 5) is 24.2. The van der Waals surface area contributed by atoms with E-state index < -0.39 is 11.8 Å². The minimum absolute atomic E-state index is 0.0777. The van der Waals surface area contributed by atoms with Crippen molar-refractivity contribution in [3.05, 3.63) is 52.0 Å². The number of carbonyl (C=O) groups excluding carboxylic acids is 2. The molecule has 2 N–H and O–H groups in total. The van der Waals surface area contributed by atoms with Gasteiger partial charge in [-0.15, -0.1) is 0 Å². The highest BCUT2D eigenvalue weighted by molar-refractivity contribution is 9.10. The van der Waals surface area contributed by atoms with E-state index in [1.807, 2.05) is 0 Å². The molecule has 2 amide bonds. The van der Waals surface area contributed by atoms with Crippen molar-refractivity contribution in [1.82, 2.24) is 10.6 Å². The lowest BCUT2D eigenvalue weighted by Gasteiger charge is -2.08. The third kappa shape index (κ3) is 3.43. The van der Waals surface area contributed by atoms with E-state index in [4.69, 9.17) is 13.9 Å². The number of fused-ring (bicyclic) bond motifs is 1. The van der Waals surface area contributed by atoms with Gasteiger partial charge in [0.05, 0.1) is 0 Å². The van der Waals surface area contributed by atoms with Gasteiger partial charge >= 0.3 is 0 Å². The summed E-state index contributed by atoms with van der Waals surface area (Å²) >= 11 is 3.13. The molecule has 7 nitrogen and oxygen atoms in total. The molecule has 0 aliphatic carbocycles. The van der Waals surface area contributed by atoms with Gasteiger partial charge in [-0.2, -0.15) is 0 Å². The maximum Gasteiger partial charge on any atom is 0.291 e. The van der Waals surface area contributed by atoms with E-state index in [1.54, 1.807) is 24.3 Å². The molecule has 0 unspecified atom stereocenters. The van der Waals surface area contributed by atoms with Crippen LogP contribution in [0.1, 0.15) is 16.1 Å². The number of nitrogens with one attached hydrogen (secondary N) is 2. The Hall–Kier alpha value is -2.74. The smallest absolute Gasteiger partial charge is 0.291 e. The minimum atomic E-state index is -0.531. The van der Waals surface area contributed by atoms with E-state index in [2.05, 4.69) is 26.6 Å². The lowest BCUT2D eigenvalue weighted by molar-refractivity contribution is -0.117. The molecule has 0 saturated heterocycles. The summed E-state index contributed by atoms with van der Waals surface area (Å²) in [6.45, 7) is 0.162. The van der Waals surface area contributed by atoms with E-state index in [-0.39, 0.29) is 18.3 Å². The van der Waals surface area contributed by atoms with Gasteiger partial charge in [0.2, 0.25) is 6.79 Å². The van der Waals surface area contributed by atoms with Crippen molar-refractivity contribution in [3.8, 4) is 11.5 Å². The molecule has 0 radical (unpaired) electrons. The van der Waals surface area contributed by atoms with Crippen LogP contribution in [0.3, 0.4) is 0 Å². The van der Waals surface area contributed by atoms with Crippen LogP contribution < -0.4 is 20.1 Å². The van der Waals surface area contributed by atoms with Crippen LogP contribution in [0.4, 0.5) is 0 Å². The lowest BCUT2D eigenvalue weighted by Crippen LogP contribution is -2.32. The number of hydrogen-bond acceptors (Lipinski definition) is 5. The Kier molecular flexibility index (Phi) is 4.57.